The van der Waals surface area contributed by atoms with Crippen LogP contribution in [0.25, 0.3) is 0 Å². The van der Waals surface area contributed by atoms with Crippen LogP contribution < -0.4 is 5.32 Å². The number of rotatable bonds is 3. The number of benzene rings is 1. The highest BCUT2D eigenvalue weighted by atomic mass is 79.9. The molecular formula is C17H22BrNO. The van der Waals surface area contributed by atoms with E-state index in [1.807, 2.05) is 6.07 Å². The second-order valence-electron chi connectivity index (χ2n) is 7.11. The van der Waals surface area contributed by atoms with Crippen molar-refractivity contribution in [2.24, 2.45) is 23.7 Å². The molecule has 4 bridgehead atoms. The normalized spacial score (nSPS) is 41.9. The second-order valence-corrected chi connectivity index (χ2v) is 7.96. The van der Waals surface area contributed by atoms with Crippen LogP contribution in [-0.4, -0.2) is 17.3 Å². The summed E-state index contributed by atoms with van der Waals surface area (Å²) in [5, 5.41) is 14.0. The molecule has 2 N–H and O–H groups in total. The molecule has 0 aliphatic heterocycles. The Hall–Kier alpha value is -0.540. The predicted molar refractivity (Wildman–Crippen MR) is 84.6 cm³/mol. The maximum absolute atomic E-state index is 10.2. The van der Waals surface area contributed by atoms with Gasteiger partial charge in [0.15, 0.2) is 0 Å². The van der Waals surface area contributed by atoms with Crippen molar-refractivity contribution in [3.63, 3.8) is 0 Å². The third-order valence-corrected chi connectivity index (χ3v) is 6.79. The van der Waals surface area contributed by atoms with Gasteiger partial charge in [-0.3, -0.25) is 0 Å². The van der Waals surface area contributed by atoms with Crippen LogP contribution in [0.5, 0.6) is 0 Å². The summed E-state index contributed by atoms with van der Waals surface area (Å²) in [6, 6.07) is 8.29. The fourth-order valence-corrected chi connectivity index (χ4v) is 5.72. The molecule has 3 heteroatoms. The summed E-state index contributed by atoms with van der Waals surface area (Å²) in [4.78, 5) is 0. The first-order valence-electron chi connectivity index (χ1n) is 7.85. The summed E-state index contributed by atoms with van der Waals surface area (Å²) in [7, 11) is 0. The molecule has 1 aromatic rings. The smallest absolute Gasteiger partial charge is 0.0667 e. The van der Waals surface area contributed by atoms with Gasteiger partial charge >= 0.3 is 0 Å². The van der Waals surface area contributed by atoms with Gasteiger partial charge in [-0.2, -0.15) is 0 Å². The van der Waals surface area contributed by atoms with E-state index in [4.69, 9.17) is 0 Å². The molecule has 0 radical (unpaired) electrons. The number of para-hydroxylation sites is 1. The van der Waals surface area contributed by atoms with Crippen LogP contribution in [0.15, 0.2) is 28.7 Å². The van der Waals surface area contributed by atoms with Gasteiger partial charge in [-0.25, -0.2) is 0 Å². The van der Waals surface area contributed by atoms with Crippen molar-refractivity contribution >= 4 is 21.6 Å². The van der Waals surface area contributed by atoms with Gasteiger partial charge in [0.2, 0.25) is 0 Å². The average Bonchev–Trinajstić information content (AvgIpc) is 2.44. The van der Waals surface area contributed by atoms with Crippen molar-refractivity contribution in [2.45, 2.75) is 37.6 Å². The molecule has 5 rings (SSSR count). The molecule has 0 unspecified atom stereocenters. The highest BCUT2D eigenvalue weighted by Gasteiger charge is 2.57. The van der Waals surface area contributed by atoms with Crippen LogP contribution >= 0.6 is 15.9 Å². The zero-order chi connectivity index (χ0) is 13.7. The summed E-state index contributed by atoms with van der Waals surface area (Å²) in [5.74, 6) is 3.16. The Morgan fingerprint density at radius 3 is 2.20 bits per heavy atom. The molecule has 0 atom stereocenters. The summed E-state index contributed by atoms with van der Waals surface area (Å²) in [6.45, 7) is 0.267. The Morgan fingerprint density at radius 2 is 1.65 bits per heavy atom. The Morgan fingerprint density at radius 1 is 1.05 bits per heavy atom. The molecule has 0 heterocycles. The van der Waals surface area contributed by atoms with E-state index in [-0.39, 0.29) is 12.1 Å². The molecule has 2 nitrogen and oxygen atoms in total. The van der Waals surface area contributed by atoms with E-state index >= 15 is 0 Å². The first-order valence-corrected chi connectivity index (χ1v) is 8.64. The van der Waals surface area contributed by atoms with Gasteiger partial charge < -0.3 is 10.4 Å². The van der Waals surface area contributed by atoms with Crippen LogP contribution in [0.3, 0.4) is 0 Å². The van der Waals surface area contributed by atoms with Gasteiger partial charge in [-0.1, -0.05) is 12.1 Å². The highest BCUT2D eigenvalue weighted by Crippen LogP contribution is 2.59. The number of hydrogen-bond acceptors (Lipinski definition) is 2. The van der Waals surface area contributed by atoms with Gasteiger partial charge in [-0.05, 0) is 83.8 Å². The molecule has 0 saturated heterocycles. The number of halogens is 1. The van der Waals surface area contributed by atoms with Crippen molar-refractivity contribution in [3.8, 4) is 0 Å². The van der Waals surface area contributed by atoms with E-state index in [0.29, 0.717) is 11.8 Å². The van der Waals surface area contributed by atoms with Crippen LogP contribution in [0, 0.1) is 23.7 Å². The Balaban J connectivity index is 1.68. The SMILES string of the molecule is OCC1(Nc2ccccc2Br)C2CC3CC(C2)CC1C3. The largest absolute Gasteiger partial charge is 0.394 e. The van der Waals surface area contributed by atoms with E-state index in [2.05, 4.69) is 39.4 Å². The monoisotopic (exact) mass is 335 g/mol. The van der Waals surface area contributed by atoms with Gasteiger partial charge in [0.1, 0.15) is 0 Å². The topological polar surface area (TPSA) is 32.3 Å². The molecule has 0 amide bonds. The van der Waals surface area contributed by atoms with Gasteiger partial charge in [0.25, 0.3) is 0 Å². The van der Waals surface area contributed by atoms with Crippen molar-refractivity contribution in [1.29, 1.82) is 0 Å². The quantitative estimate of drug-likeness (QED) is 0.873. The first-order chi connectivity index (χ1) is 9.71. The van der Waals surface area contributed by atoms with Crippen molar-refractivity contribution in [2.75, 3.05) is 11.9 Å². The Kier molecular flexibility index (Phi) is 3.11. The minimum Gasteiger partial charge on any atom is -0.394 e. The van der Waals surface area contributed by atoms with E-state index in [1.54, 1.807) is 0 Å². The lowest BCUT2D eigenvalue weighted by Gasteiger charge is -2.61. The Bertz CT molecular complexity index is 487. The summed E-state index contributed by atoms with van der Waals surface area (Å²) < 4.78 is 1.10. The molecule has 4 saturated carbocycles. The molecule has 4 fully saturated rings. The fraction of sp³-hybridized carbons (Fsp3) is 0.647. The molecule has 1 aromatic carbocycles. The molecule has 0 spiro atoms. The minimum atomic E-state index is -0.0860. The summed E-state index contributed by atoms with van der Waals surface area (Å²) >= 11 is 3.63. The van der Waals surface area contributed by atoms with Gasteiger partial charge in [-0.15, -0.1) is 0 Å². The average molecular weight is 336 g/mol. The number of aliphatic hydroxyl groups excluding tert-OH is 1. The van der Waals surface area contributed by atoms with E-state index < -0.39 is 0 Å². The van der Waals surface area contributed by atoms with E-state index in [1.165, 1.54) is 32.1 Å². The number of nitrogens with one attached hydrogen (secondary N) is 1. The third kappa shape index (κ3) is 1.86. The van der Waals surface area contributed by atoms with E-state index in [9.17, 15) is 5.11 Å². The van der Waals surface area contributed by atoms with Crippen molar-refractivity contribution in [1.82, 2.24) is 0 Å². The molecule has 0 aromatic heterocycles. The lowest BCUT2D eigenvalue weighted by molar-refractivity contribution is -0.0655. The maximum atomic E-state index is 10.2. The van der Waals surface area contributed by atoms with Crippen LogP contribution in [0.1, 0.15) is 32.1 Å². The van der Waals surface area contributed by atoms with E-state index in [0.717, 1.165) is 22.0 Å². The second kappa shape index (κ2) is 4.74. The predicted octanol–water partition coefficient (Wildman–Crippen LogP) is 4.05. The highest BCUT2D eigenvalue weighted by molar-refractivity contribution is 9.10. The number of anilines is 1. The fourth-order valence-electron chi connectivity index (χ4n) is 5.34. The zero-order valence-electron chi connectivity index (χ0n) is 11.7. The summed E-state index contributed by atoms with van der Waals surface area (Å²) in [5.41, 5.74) is 1.05. The van der Waals surface area contributed by atoms with Crippen LogP contribution in [0.4, 0.5) is 5.69 Å². The van der Waals surface area contributed by atoms with Crippen LogP contribution in [-0.2, 0) is 0 Å². The Labute approximate surface area is 129 Å². The first kappa shape index (κ1) is 13.1. The summed E-state index contributed by atoms with van der Waals surface area (Å²) in [6.07, 6.45) is 6.69. The van der Waals surface area contributed by atoms with Crippen LogP contribution in [0.2, 0.25) is 0 Å². The standard InChI is InChI=1S/C17H22BrNO/c18-15-3-1-2-4-16(15)19-17(10-20)13-6-11-5-12(8-13)9-14(17)7-11/h1-4,11-14,19-20H,5-10H2. The molecular weight excluding hydrogens is 314 g/mol. The lowest BCUT2D eigenvalue weighted by Crippen LogP contribution is -2.63. The minimum absolute atomic E-state index is 0.0860. The maximum Gasteiger partial charge on any atom is 0.0667 e. The molecule has 20 heavy (non-hydrogen) atoms. The van der Waals surface area contributed by atoms with Gasteiger partial charge in [0, 0.05) is 10.2 Å². The number of aliphatic hydroxyl groups is 1. The van der Waals surface area contributed by atoms with Gasteiger partial charge in [0.05, 0.1) is 12.1 Å². The molecule has 108 valence electrons. The lowest BCUT2D eigenvalue weighted by atomic mass is 9.48. The van der Waals surface area contributed by atoms with Crippen molar-refractivity contribution < 1.29 is 5.11 Å². The molecule has 4 aliphatic rings. The third-order valence-electron chi connectivity index (χ3n) is 6.10. The number of hydrogen-bond donors (Lipinski definition) is 2. The van der Waals surface area contributed by atoms with Crippen molar-refractivity contribution in [3.05, 3.63) is 28.7 Å². The molecule has 4 aliphatic carbocycles. The zero-order valence-corrected chi connectivity index (χ0v) is 13.3.